The number of halogens is 2. The van der Waals surface area contributed by atoms with Gasteiger partial charge >= 0.3 is 183 Å². The molecule has 4 aromatic rings. The van der Waals surface area contributed by atoms with Gasteiger partial charge in [0.2, 0.25) is 0 Å². The van der Waals surface area contributed by atoms with Crippen LogP contribution in [0, 0.1) is 0 Å². The molecule has 0 N–H and O–H groups in total. The summed E-state index contributed by atoms with van der Waals surface area (Å²) in [5.41, 5.74) is 1.24. The van der Waals surface area contributed by atoms with Gasteiger partial charge in [-0.05, 0) is 0 Å². The minimum absolute atomic E-state index is 0.756. The number of aryl methyl sites for hydroxylation is 1. The van der Waals surface area contributed by atoms with Gasteiger partial charge in [0, 0.05) is 0 Å². The van der Waals surface area contributed by atoms with Crippen molar-refractivity contribution in [1.82, 2.24) is 0 Å². The van der Waals surface area contributed by atoms with E-state index >= 15 is 0 Å². The summed E-state index contributed by atoms with van der Waals surface area (Å²) in [5.74, 6) is -3.20. The van der Waals surface area contributed by atoms with Crippen LogP contribution in [0.5, 0.6) is 0 Å². The first kappa shape index (κ1) is 20.2. The third-order valence-corrected chi connectivity index (χ3v) is 13.3. The van der Waals surface area contributed by atoms with Crippen molar-refractivity contribution in [2.75, 3.05) is 6.16 Å². The summed E-state index contributed by atoms with van der Waals surface area (Å²) in [7, 11) is 0. The molecule has 0 spiro atoms. The van der Waals surface area contributed by atoms with Gasteiger partial charge in [-0.2, -0.15) is 0 Å². The fourth-order valence-corrected chi connectivity index (χ4v) is 10.2. The Morgan fingerprint density at radius 1 is 0.517 bits per heavy atom. The van der Waals surface area contributed by atoms with E-state index in [-0.39, 0.29) is 0 Å². The molecule has 0 aliphatic rings. The Bertz CT molecular complexity index is 963. The second-order valence-electron chi connectivity index (χ2n) is 7.29. The van der Waals surface area contributed by atoms with Crippen molar-refractivity contribution in [3.63, 3.8) is 0 Å². The van der Waals surface area contributed by atoms with Crippen molar-refractivity contribution in [3.8, 4) is 0 Å². The molecule has 146 valence electrons. The zero-order valence-electron chi connectivity index (χ0n) is 16.1. The Hall–Kier alpha value is -2.11. The van der Waals surface area contributed by atoms with Gasteiger partial charge in [0.1, 0.15) is 0 Å². The molecule has 0 radical (unpaired) electrons. The van der Waals surface area contributed by atoms with Crippen LogP contribution in [0.25, 0.3) is 0 Å². The molecule has 0 nitrogen and oxygen atoms in total. The summed E-state index contributed by atoms with van der Waals surface area (Å²) in [6.07, 6.45) is 1.71. The Kier molecular flexibility index (Phi) is 5.79. The van der Waals surface area contributed by atoms with Crippen molar-refractivity contribution in [2.45, 2.75) is 6.42 Å². The molecule has 4 rings (SSSR count). The second-order valence-corrected chi connectivity index (χ2v) is 14.3. The molecule has 29 heavy (non-hydrogen) atoms. The van der Waals surface area contributed by atoms with E-state index in [1.54, 1.807) is 0 Å². The summed E-state index contributed by atoms with van der Waals surface area (Å²) in [5, 5.41) is 4.36. The molecule has 0 aliphatic heterocycles. The molecule has 0 saturated heterocycles. The summed E-state index contributed by atoms with van der Waals surface area (Å²) in [4.78, 5) is 0. The first-order chi connectivity index (χ1) is 14.1. The predicted octanol–water partition coefficient (Wildman–Crippen LogP) is 6.57. The van der Waals surface area contributed by atoms with Gasteiger partial charge < -0.3 is 0 Å². The summed E-state index contributed by atoms with van der Waals surface area (Å²) in [6, 6.07) is 39.9. The van der Waals surface area contributed by atoms with E-state index in [9.17, 15) is 0 Å². The number of benzene rings is 4. The third kappa shape index (κ3) is 3.74. The van der Waals surface area contributed by atoms with Crippen LogP contribution in [0.15, 0.2) is 115 Å². The van der Waals surface area contributed by atoms with Gasteiger partial charge in [-0.3, -0.25) is 0 Å². The Morgan fingerprint density at radius 2 is 0.897 bits per heavy atom. The molecule has 0 bridgehead atoms. The fraction of sp³-hybridized carbons (Fsp3) is 0.0769. The van der Waals surface area contributed by atoms with Crippen molar-refractivity contribution in [2.24, 2.45) is 0 Å². The summed E-state index contributed by atoms with van der Waals surface area (Å²) < 4.78 is 0. The average Bonchev–Trinajstić information content (AvgIpc) is 2.80. The molecular formula is C26H23Cl2P. The van der Waals surface area contributed by atoms with Gasteiger partial charge in [0.15, 0.2) is 0 Å². The van der Waals surface area contributed by atoms with E-state index in [2.05, 4.69) is 103 Å². The van der Waals surface area contributed by atoms with Gasteiger partial charge in [0.25, 0.3) is 0 Å². The van der Waals surface area contributed by atoms with Crippen LogP contribution in [-0.2, 0) is 6.42 Å². The Labute approximate surface area is 182 Å². The van der Waals surface area contributed by atoms with E-state index in [4.69, 9.17) is 22.8 Å². The molecule has 0 unspecified atom stereocenters. The van der Waals surface area contributed by atoms with E-state index in [1.807, 2.05) is 12.1 Å². The molecule has 0 atom stereocenters. The van der Waals surface area contributed by atoms with Crippen LogP contribution < -0.4 is 15.9 Å². The van der Waals surface area contributed by atoms with Crippen LogP contribution in [0.4, 0.5) is 0 Å². The molecule has 0 heterocycles. The normalized spacial score (nSPS) is 12.8. The number of hydrogen-bond donors (Lipinski definition) is 0. The molecule has 0 aromatic heterocycles. The Balaban J connectivity index is 1.95. The minimum atomic E-state index is -3.20. The quantitative estimate of drug-likeness (QED) is 0.300. The summed E-state index contributed by atoms with van der Waals surface area (Å²) in [6.45, 7) is 0. The first-order valence-corrected chi connectivity index (χ1v) is 13.5. The van der Waals surface area contributed by atoms with E-state index in [0.717, 1.165) is 17.6 Å². The molecule has 4 aromatic carbocycles. The first-order valence-electron chi connectivity index (χ1n) is 9.75. The molecular weight excluding hydrogens is 414 g/mol. The van der Waals surface area contributed by atoms with E-state index in [0.29, 0.717) is 0 Å². The predicted molar refractivity (Wildman–Crippen MR) is 131 cm³/mol. The molecule has 0 saturated carbocycles. The standard InChI is InChI=1S/C26H23Cl2P/c27-23-18-16-22(17-19-23)20-21-29(28,24-10-4-1-5-11-24,25-12-6-2-7-13-25)26-14-8-3-9-15-26/h1-19H,20-21H2. The maximum absolute atomic E-state index is 8.06. The van der Waals surface area contributed by atoms with Gasteiger partial charge in [-0.25, -0.2) is 0 Å². The Morgan fingerprint density at radius 3 is 1.28 bits per heavy atom. The SMILES string of the molecule is Clc1ccc(CCP(Cl)(c2ccccc2)(c2ccccc2)c2ccccc2)cc1. The zero-order valence-corrected chi connectivity index (χ0v) is 18.5. The number of hydrogen-bond acceptors (Lipinski definition) is 0. The summed E-state index contributed by atoms with van der Waals surface area (Å²) >= 11 is 14.2. The van der Waals surface area contributed by atoms with E-state index in [1.165, 1.54) is 21.5 Å². The van der Waals surface area contributed by atoms with Crippen molar-refractivity contribution in [3.05, 3.63) is 126 Å². The van der Waals surface area contributed by atoms with Crippen molar-refractivity contribution >= 4 is 44.7 Å². The van der Waals surface area contributed by atoms with Crippen LogP contribution in [-0.4, -0.2) is 6.16 Å². The van der Waals surface area contributed by atoms with Crippen LogP contribution in [0.2, 0.25) is 5.02 Å². The molecule has 0 amide bonds. The van der Waals surface area contributed by atoms with Gasteiger partial charge in [-0.1, -0.05) is 0 Å². The zero-order chi connectivity index (χ0) is 20.2. The van der Waals surface area contributed by atoms with Crippen LogP contribution >= 0.6 is 28.8 Å². The van der Waals surface area contributed by atoms with Gasteiger partial charge in [-0.15, -0.1) is 0 Å². The maximum atomic E-state index is 8.06. The average molecular weight is 437 g/mol. The molecule has 3 heteroatoms. The van der Waals surface area contributed by atoms with Crippen molar-refractivity contribution in [1.29, 1.82) is 0 Å². The van der Waals surface area contributed by atoms with Crippen LogP contribution in [0.1, 0.15) is 5.56 Å². The fourth-order valence-electron chi connectivity index (χ4n) is 4.04. The molecule has 0 fully saturated rings. The topological polar surface area (TPSA) is 0 Å². The van der Waals surface area contributed by atoms with Gasteiger partial charge in [0.05, 0.1) is 0 Å². The van der Waals surface area contributed by atoms with Crippen molar-refractivity contribution < 1.29 is 0 Å². The monoisotopic (exact) mass is 436 g/mol. The number of rotatable bonds is 6. The van der Waals surface area contributed by atoms with Crippen LogP contribution in [0.3, 0.4) is 0 Å². The van der Waals surface area contributed by atoms with E-state index < -0.39 is 5.96 Å². The second kappa shape index (κ2) is 8.33. The third-order valence-electron chi connectivity index (χ3n) is 5.62. The molecule has 0 aliphatic carbocycles.